The lowest BCUT2D eigenvalue weighted by molar-refractivity contribution is -0.137. The molecule has 2 aromatic carbocycles. The number of anilines is 1. The Balaban J connectivity index is 1.82. The van der Waals surface area contributed by atoms with Crippen molar-refractivity contribution in [1.82, 2.24) is 9.97 Å². The molecule has 0 unspecified atom stereocenters. The first-order valence-corrected chi connectivity index (χ1v) is 9.30. The summed E-state index contributed by atoms with van der Waals surface area (Å²) in [5.41, 5.74) is 1.61. The van der Waals surface area contributed by atoms with Crippen LogP contribution in [-0.4, -0.2) is 15.9 Å². The van der Waals surface area contributed by atoms with Crippen LogP contribution in [0.25, 0.3) is 22.2 Å². The van der Waals surface area contributed by atoms with E-state index in [4.69, 9.17) is 0 Å². The Morgan fingerprint density at radius 3 is 2.62 bits per heavy atom. The number of hydrogen-bond donors (Lipinski definition) is 2. The van der Waals surface area contributed by atoms with Crippen LogP contribution in [0.3, 0.4) is 0 Å². The highest BCUT2D eigenvalue weighted by Gasteiger charge is 2.30. The van der Waals surface area contributed by atoms with Gasteiger partial charge in [0.15, 0.2) is 5.43 Å². The summed E-state index contributed by atoms with van der Waals surface area (Å²) < 4.78 is 39.1. The van der Waals surface area contributed by atoms with Gasteiger partial charge in [0.25, 0.3) is 5.91 Å². The maximum atomic E-state index is 13.0. The average Bonchev–Trinajstić information content (AvgIpc) is 3.23. The molecule has 0 aliphatic rings. The van der Waals surface area contributed by atoms with Gasteiger partial charge in [0.2, 0.25) is 0 Å². The fourth-order valence-electron chi connectivity index (χ4n) is 2.91. The number of aromatic nitrogens is 2. The zero-order valence-electron chi connectivity index (χ0n) is 14.6. The molecule has 1 amide bonds. The number of pyridine rings is 1. The minimum Gasteiger partial charge on any atom is -0.353 e. The van der Waals surface area contributed by atoms with Gasteiger partial charge in [-0.25, -0.2) is 4.98 Å². The van der Waals surface area contributed by atoms with Gasteiger partial charge in [-0.3, -0.25) is 9.59 Å². The molecule has 0 aliphatic heterocycles. The number of carbonyl (C=O) groups is 1. The number of thiazole rings is 1. The Morgan fingerprint density at radius 2 is 1.90 bits per heavy atom. The molecule has 5 nitrogen and oxygen atoms in total. The number of carbonyl (C=O) groups excluding carboxylic acids is 1. The SMILES string of the molecule is O=C(Nc1cccc2c(=O)cc(-c3cccc(C(F)(F)F)c3)[nH]c12)c1cscn1. The van der Waals surface area contributed by atoms with Crippen molar-refractivity contribution in [2.24, 2.45) is 0 Å². The van der Waals surface area contributed by atoms with Crippen molar-refractivity contribution in [3.05, 3.63) is 80.9 Å². The maximum Gasteiger partial charge on any atom is 0.416 e. The molecule has 4 aromatic rings. The third-order valence-corrected chi connectivity index (χ3v) is 4.87. The number of nitrogens with one attached hydrogen (secondary N) is 2. The zero-order chi connectivity index (χ0) is 20.6. The van der Waals surface area contributed by atoms with Crippen molar-refractivity contribution >= 4 is 33.8 Å². The fourth-order valence-corrected chi connectivity index (χ4v) is 3.44. The number of aromatic amines is 1. The average molecular weight is 415 g/mol. The summed E-state index contributed by atoms with van der Waals surface area (Å²) in [4.78, 5) is 31.8. The number of benzene rings is 2. The summed E-state index contributed by atoms with van der Waals surface area (Å²) >= 11 is 1.27. The predicted octanol–water partition coefficient (Wildman–Crippen LogP) is 4.92. The Bertz CT molecular complexity index is 1260. The molecule has 2 aromatic heterocycles. The molecule has 29 heavy (non-hydrogen) atoms. The van der Waals surface area contributed by atoms with Crippen LogP contribution in [0.4, 0.5) is 18.9 Å². The van der Waals surface area contributed by atoms with E-state index < -0.39 is 17.6 Å². The number of fused-ring (bicyclic) bond motifs is 1. The second-order valence-corrected chi connectivity index (χ2v) is 6.90. The molecule has 0 saturated carbocycles. The molecule has 0 spiro atoms. The van der Waals surface area contributed by atoms with Crippen LogP contribution >= 0.6 is 11.3 Å². The van der Waals surface area contributed by atoms with Gasteiger partial charge in [0, 0.05) is 22.5 Å². The van der Waals surface area contributed by atoms with E-state index >= 15 is 0 Å². The van der Waals surface area contributed by atoms with Crippen LogP contribution in [0, 0.1) is 0 Å². The van der Waals surface area contributed by atoms with E-state index in [1.165, 1.54) is 35.0 Å². The van der Waals surface area contributed by atoms with Crippen LogP contribution in [0.1, 0.15) is 16.1 Å². The molecule has 0 fully saturated rings. The molecule has 2 heterocycles. The van der Waals surface area contributed by atoms with Crippen LogP contribution in [-0.2, 0) is 6.18 Å². The first-order valence-electron chi connectivity index (χ1n) is 8.36. The smallest absolute Gasteiger partial charge is 0.353 e. The van der Waals surface area contributed by atoms with Gasteiger partial charge in [0.05, 0.1) is 22.3 Å². The van der Waals surface area contributed by atoms with Crippen LogP contribution in [0.2, 0.25) is 0 Å². The second-order valence-electron chi connectivity index (χ2n) is 6.18. The molecule has 146 valence electrons. The zero-order valence-corrected chi connectivity index (χ0v) is 15.4. The summed E-state index contributed by atoms with van der Waals surface area (Å²) in [6.07, 6.45) is -4.50. The van der Waals surface area contributed by atoms with Gasteiger partial charge in [-0.05, 0) is 29.8 Å². The molecule has 0 bridgehead atoms. The van der Waals surface area contributed by atoms with Crippen molar-refractivity contribution in [2.75, 3.05) is 5.32 Å². The van der Waals surface area contributed by atoms with Crippen molar-refractivity contribution in [3.63, 3.8) is 0 Å². The molecular weight excluding hydrogens is 403 g/mol. The van der Waals surface area contributed by atoms with E-state index in [0.29, 0.717) is 16.6 Å². The number of para-hydroxylation sites is 1. The third-order valence-electron chi connectivity index (χ3n) is 4.28. The highest BCUT2D eigenvalue weighted by molar-refractivity contribution is 7.07. The van der Waals surface area contributed by atoms with E-state index in [2.05, 4.69) is 15.3 Å². The summed E-state index contributed by atoms with van der Waals surface area (Å²) in [5, 5.41) is 4.57. The Labute approximate surface area is 165 Å². The highest BCUT2D eigenvalue weighted by atomic mass is 32.1. The third kappa shape index (κ3) is 3.77. The summed E-state index contributed by atoms with van der Waals surface area (Å²) in [5.74, 6) is -0.455. The maximum absolute atomic E-state index is 13.0. The lowest BCUT2D eigenvalue weighted by Crippen LogP contribution is -2.14. The molecule has 2 N–H and O–H groups in total. The first-order chi connectivity index (χ1) is 13.8. The number of alkyl halides is 3. The van der Waals surface area contributed by atoms with Gasteiger partial charge >= 0.3 is 6.18 Å². The highest BCUT2D eigenvalue weighted by Crippen LogP contribution is 2.32. The topological polar surface area (TPSA) is 74.8 Å². The van der Waals surface area contributed by atoms with Crippen molar-refractivity contribution in [2.45, 2.75) is 6.18 Å². The minimum atomic E-state index is -4.50. The molecule has 0 saturated heterocycles. The van der Waals surface area contributed by atoms with Gasteiger partial charge < -0.3 is 10.3 Å². The normalized spacial score (nSPS) is 11.6. The fraction of sp³-hybridized carbons (Fsp3) is 0.0500. The lowest BCUT2D eigenvalue weighted by Gasteiger charge is -2.12. The van der Waals surface area contributed by atoms with E-state index in [1.807, 2.05) is 0 Å². The van der Waals surface area contributed by atoms with Crippen LogP contribution < -0.4 is 10.7 Å². The Morgan fingerprint density at radius 1 is 1.10 bits per heavy atom. The minimum absolute atomic E-state index is 0.208. The Kier molecular flexibility index (Phi) is 4.67. The number of H-pyrrole nitrogens is 1. The van der Waals surface area contributed by atoms with Gasteiger partial charge in [-0.15, -0.1) is 11.3 Å². The molecule has 0 atom stereocenters. The van der Waals surface area contributed by atoms with Crippen molar-refractivity contribution in [3.8, 4) is 11.3 Å². The molecule has 0 aliphatic carbocycles. The summed E-state index contributed by atoms with van der Waals surface area (Å²) in [6.45, 7) is 0. The molecule has 0 radical (unpaired) electrons. The second kappa shape index (κ2) is 7.17. The quantitative estimate of drug-likeness (QED) is 0.499. The van der Waals surface area contributed by atoms with Crippen LogP contribution in [0.15, 0.2) is 64.2 Å². The van der Waals surface area contributed by atoms with E-state index in [-0.39, 0.29) is 22.4 Å². The monoisotopic (exact) mass is 415 g/mol. The van der Waals surface area contributed by atoms with E-state index in [1.54, 1.807) is 23.6 Å². The van der Waals surface area contributed by atoms with Crippen LogP contribution in [0.5, 0.6) is 0 Å². The number of hydrogen-bond acceptors (Lipinski definition) is 4. The van der Waals surface area contributed by atoms with Gasteiger partial charge in [0.1, 0.15) is 5.69 Å². The first kappa shape index (κ1) is 18.9. The number of rotatable bonds is 3. The largest absolute Gasteiger partial charge is 0.416 e. The molecule has 9 heteroatoms. The summed E-state index contributed by atoms with van der Waals surface area (Å²) in [6, 6.07) is 10.7. The molecule has 4 rings (SSSR count). The van der Waals surface area contributed by atoms with Gasteiger partial charge in [-0.1, -0.05) is 18.2 Å². The predicted molar refractivity (Wildman–Crippen MR) is 105 cm³/mol. The van der Waals surface area contributed by atoms with Gasteiger partial charge in [-0.2, -0.15) is 13.2 Å². The number of halogens is 3. The van der Waals surface area contributed by atoms with E-state index in [0.717, 1.165) is 12.1 Å². The van der Waals surface area contributed by atoms with E-state index in [9.17, 15) is 22.8 Å². The standard InChI is InChI=1S/C20H12F3N3O2S/c21-20(22,23)12-4-1-3-11(7-12)15-8-17(27)13-5-2-6-14(18(13)25-15)26-19(28)16-9-29-10-24-16/h1-10H,(H,25,27)(H,26,28). The Hall–Kier alpha value is -3.46. The number of amides is 1. The van der Waals surface area contributed by atoms with Crippen molar-refractivity contribution < 1.29 is 18.0 Å². The molecular formula is C20H12F3N3O2S. The number of nitrogens with zero attached hydrogens (tertiary/aromatic N) is 1. The summed E-state index contributed by atoms with van der Waals surface area (Å²) in [7, 11) is 0. The van der Waals surface area contributed by atoms with Crippen molar-refractivity contribution in [1.29, 1.82) is 0 Å². The lowest BCUT2D eigenvalue weighted by atomic mass is 10.1.